The Kier molecular flexibility index (Phi) is 5.27. The molecule has 0 unspecified atom stereocenters. The standard InChI is InChI=1S/C21H18N2OS/c1-3-24-19-9-7-17(8-10-19)20-14-25-21(23-20)18(13-22)12-16-6-4-5-15(2)11-16/h4-12,14H,3H2,1-2H3. The van der Waals surface area contributed by atoms with Gasteiger partial charge in [0.05, 0.1) is 17.9 Å². The summed E-state index contributed by atoms with van der Waals surface area (Å²) in [6.45, 7) is 4.65. The Labute approximate surface area is 151 Å². The van der Waals surface area contributed by atoms with Crippen molar-refractivity contribution in [2.75, 3.05) is 6.61 Å². The van der Waals surface area contributed by atoms with Crippen LogP contribution in [0.5, 0.6) is 5.75 Å². The first-order valence-corrected chi connectivity index (χ1v) is 8.95. The van der Waals surface area contributed by atoms with E-state index in [0.29, 0.717) is 12.2 Å². The zero-order chi connectivity index (χ0) is 17.6. The summed E-state index contributed by atoms with van der Waals surface area (Å²) in [7, 11) is 0. The van der Waals surface area contributed by atoms with Gasteiger partial charge in [-0.25, -0.2) is 4.98 Å². The molecule has 0 amide bonds. The molecule has 3 rings (SSSR count). The molecule has 4 heteroatoms. The summed E-state index contributed by atoms with van der Waals surface area (Å²) < 4.78 is 5.46. The Balaban J connectivity index is 1.87. The van der Waals surface area contributed by atoms with Crippen LogP contribution >= 0.6 is 11.3 Å². The predicted octanol–water partition coefficient (Wildman–Crippen LogP) is 5.58. The van der Waals surface area contributed by atoms with Crippen LogP contribution in [0.25, 0.3) is 22.9 Å². The number of aryl methyl sites for hydroxylation is 1. The van der Waals surface area contributed by atoms with E-state index in [4.69, 9.17) is 4.74 Å². The minimum absolute atomic E-state index is 0.577. The van der Waals surface area contributed by atoms with E-state index in [-0.39, 0.29) is 0 Å². The summed E-state index contributed by atoms with van der Waals surface area (Å²) in [6.07, 6.45) is 1.88. The fourth-order valence-corrected chi connectivity index (χ4v) is 3.28. The number of hydrogen-bond donors (Lipinski definition) is 0. The average molecular weight is 346 g/mol. The van der Waals surface area contributed by atoms with Crippen molar-refractivity contribution in [3.05, 3.63) is 70.0 Å². The summed E-state index contributed by atoms with van der Waals surface area (Å²) in [5.41, 5.74) is 4.63. The average Bonchev–Trinajstić information content (AvgIpc) is 3.10. The van der Waals surface area contributed by atoms with E-state index in [1.807, 2.05) is 67.8 Å². The van der Waals surface area contributed by atoms with Crippen molar-refractivity contribution in [3.63, 3.8) is 0 Å². The maximum Gasteiger partial charge on any atom is 0.134 e. The first-order chi connectivity index (χ1) is 12.2. The van der Waals surface area contributed by atoms with Gasteiger partial charge in [-0.05, 0) is 49.8 Å². The zero-order valence-electron chi connectivity index (χ0n) is 14.2. The number of benzene rings is 2. The Hall–Kier alpha value is -2.90. The molecule has 0 aliphatic carbocycles. The van der Waals surface area contributed by atoms with Crippen molar-refractivity contribution >= 4 is 23.0 Å². The van der Waals surface area contributed by atoms with Crippen LogP contribution in [-0.2, 0) is 0 Å². The number of nitrogens with zero attached hydrogens (tertiary/aromatic N) is 2. The highest BCUT2D eigenvalue weighted by Gasteiger charge is 2.09. The fraction of sp³-hybridized carbons (Fsp3) is 0.143. The van der Waals surface area contributed by atoms with Crippen LogP contribution in [0, 0.1) is 18.3 Å². The largest absolute Gasteiger partial charge is 0.494 e. The summed E-state index contributed by atoms with van der Waals surface area (Å²) in [5.74, 6) is 0.846. The van der Waals surface area contributed by atoms with E-state index in [1.54, 1.807) is 0 Å². The molecule has 0 radical (unpaired) electrons. The Morgan fingerprint density at radius 1 is 1.24 bits per heavy atom. The molecule has 25 heavy (non-hydrogen) atoms. The van der Waals surface area contributed by atoms with Crippen LogP contribution in [-0.4, -0.2) is 11.6 Å². The molecule has 0 spiro atoms. The maximum absolute atomic E-state index is 9.52. The number of hydrogen-bond acceptors (Lipinski definition) is 4. The van der Waals surface area contributed by atoms with Crippen LogP contribution in [0.15, 0.2) is 53.9 Å². The molecule has 3 nitrogen and oxygen atoms in total. The molecule has 0 saturated heterocycles. The first kappa shape index (κ1) is 16.9. The summed E-state index contributed by atoms with van der Waals surface area (Å²) in [4.78, 5) is 4.63. The highest BCUT2D eigenvalue weighted by molar-refractivity contribution is 7.11. The molecule has 3 aromatic rings. The van der Waals surface area contributed by atoms with Crippen molar-refractivity contribution in [1.29, 1.82) is 5.26 Å². The van der Waals surface area contributed by atoms with Gasteiger partial charge in [0.15, 0.2) is 0 Å². The van der Waals surface area contributed by atoms with Crippen molar-refractivity contribution in [2.45, 2.75) is 13.8 Å². The highest BCUT2D eigenvalue weighted by Crippen LogP contribution is 2.28. The quantitative estimate of drug-likeness (QED) is 0.566. The van der Waals surface area contributed by atoms with Crippen molar-refractivity contribution < 1.29 is 4.74 Å². The third-order valence-corrected chi connectivity index (χ3v) is 4.54. The van der Waals surface area contributed by atoms with Crippen LogP contribution in [0.1, 0.15) is 23.1 Å². The van der Waals surface area contributed by atoms with Crippen LogP contribution in [0.3, 0.4) is 0 Å². The number of thiazole rings is 1. The molecule has 0 saturated carbocycles. The van der Waals surface area contributed by atoms with Gasteiger partial charge in [0.2, 0.25) is 0 Å². The van der Waals surface area contributed by atoms with Crippen LogP contribution < -0.4 is 4.74 Å². The molecular weight excluding hydrogens is 328 g/mol. The van der Waals surface area contributed by atoms with E-state index >= 15 is 0 Å². The molecule has 124 valence electrons. The third-order valence-electron chi connectivity index (χ3n) is 3.67. The summed E-state index contributed by atoms with van der Waals surface area (Å²) >= 11 is 1.48. The van der Waals surface area contributed by atoms with Crippen molar-refractivity contribution in [1.82, 2.24) is 4.98 Å². The number of aromatic nitrogens is 1. The lowest BCUT2D eigenvalue weighted by Crippen LogP contribution is -1.90. The van der Waals surface area contributed by atoms with Gasteiger partial charge < -0.3 is 4.74 Å². The van der Waals surface area contributed by atoms with Crippen molar-refractivity contribution in [2.24, 2.45) is 0 Å². The summed E-state index contributed by atoms with van der Waals surface area (Å²) in [5, 5.41) is 12.2. The Morgan fingerprint density at radius 3 is 2.72 bits per heavy atom. The number of allylic oxidation sites excluding steroid dienone is 1. The second-order valence-electron chi connectivity index (χ2n) is 5.58. The molecule has 0 fully saturated rings. The topological polar surface area (TPSA) is 45.9 Å². The molecule has 0 aliphatic heterocycles. The first-order valence-electron chi connectivity index (χ1n) is 8.07. The van der Waals surface area contributed by atoms with Gasteiger partial charge in [-0.2, -0.15) is 5.26 Å². The molecule has 1 aromatic heterocycles. The minimum atomic E-state index is 0.577. The third kappa shape index (κ3) is 4.14. The van der Waals surface area contributed by atoms with Crippen LogP contribution in [0.4, 0.5) is 0 Å². The highest BCUT2D eigenvalue weighted by atomic mass is 32.1. The van der Waals surface area contributed by atoms with Gasteiger partial charge in [-0.1, -0.05) is 29.8 Å². The van der Waals surface area contributed by atoms with Gasteiger partial charge in [0, 0.05) is 10.9 Å². The fourth-order valence-electron chi connectivity index (χ4n) is 2.49. The Morgan fingerprint density at radius 2 is 2.04 bits per heavy atom. The van der Waals surface area contributed by atoms with E-state index in [0.717, 1.165) is 27.6 Å². The normalized spacial score (nSPS) is 11.2. The molecule has 0 atom stereocenters. The van der Waals surface area contributed by atoms with E-state index in [9.17, 15) is 5.26 Å². The summed E-state index contributed by atoms with van der Waals surface area (Å²) in [6, 6.07) is 18.2. The van der Waals surface area contributed by atoms with Crippen molar-refractivity contribution in [3.8, 4) is 23.1 Å². The van der Waals surface area contributed by atoms with Crippen LogP contribution in [0.2, 0.25) is 0 Å². The lowest BCUT2D eigenvalue weighted by molar-refractivity contribution is 0.340. The van der Waals surface area contributed by atoms with Gasteiger partial charge in [-0.15, -0.1) is 11.3 Å². The van der Waals surface area contributed by atoms with Gasteiger partial charge in [-0.3, -0.25) is 0 Å². The second-order valence-corrected chi connectivity index (χ2v) is 6.44. The predicted molar refractivity (Wildman–Crippen MR) is 103 cm³/mol. The van der Waals surface area contributed by atoms with E-state index in [1.165, 1.54) is 16.9 Å². The van der Waals surface area contributed by atoms with Gasteiger partial charge >= 0.3 is 0 Å². The number of ether oxygens (including phenoxy) is 1. The number of nitriles is 1. The lowest BCUT2D eigenvalue weighted by atomic mass is 10.1. The molecule has 0 N–H and O–H groups in total. The van der Waals surface area contributed by atoms with Gasteiger partial charge in [0.1, 0.15) is 16.8 Å². The molecule has 0 aliphatic rings. The van der Waals surface area contributed by atoms with Gasteiger partial charge in [0.25, 0.3) is 0 Å². The smallest absolute Gasteiger partial charge is 0.134 e. The monoisotopic (exact) mass is 346 g/mol. The second kappa shape index (κ2) is 7.78. The minimum Gasteiger partial charge on any atom is -0.494 e. The number of rotatable bonds is 5. The SMILES string of the molecule is CCOc1ccc(-c2csc(C(C#N)=Cc3cccc(C)c3)n2)cc1. The maximum atomic E-state index is 9.52. The Bertz CT molecular complexity index is 933. The molecule has 2 aromatic carbocycles. The molecule has 0 bridgehead atoms. The van der Waals surface area contributed by atoms with E-state index < -0.39 is 0 Å². The van der Waals surface area contributed by atoms with E-state index in [2.05, 4.69) is 17.1 Å². The lowest BCUT2D eigenvalue weighted by Gasteiger charge is -2.03. The zero-order valence-corrected chi connectivity index (χ0v) is 15.0. The molecule has 1 heterocycles. The molecular formula is C21H18N2OS.